The zero-order chi connectivity index (χ0) is 19.5. The van der Waals surface area contributed by atoms with Gasteiger partial charge >= 0.3 is 0 Å². The van der Waals surface area contributed by atoms with Crippen LogP contribution in [0.15, 0.2) is 24.8 Å². The summed E-state index contributed by atoms with van der Waals surface area (Å²) in [6, 6.07) is 0. The summed E-state index contributed by atoms with van der Waals surface area (Å²) in [5.41, 5.74) is 0.664. The molecule has 3 aliphatic rings. The van der Waals surface area contributed by atoms with Crippen LogP contribution in [-0.2, 0) is 9.47 Å². The Labute approximate surface area is 159 Å². The molecule has 3 fully saturated rings. The lowest BCUT2D eigenvalue weighted by molar-refractivity contribution is -0.171. The van der Waals surface area contributed by atoms with Crippen molar-refractivity contribution in [1.82, 2.24) is 0 Å². The Bertz CT molecular complexity index is 588. The molecular weight excluding hydrogens is 324 g/mol. The van der Waals surface area contributed by atoms with Gasteiger partial charge in [-0.2, -0.15) is 0 Å². The van der Waals surface area contributed by atoms with Crippen LogP contribution in [-0.4, -0.2) is 28.7 Å². The van der Waals surface area contributed by atoms with Crippen LogP contribution in [0.2, 0.25) is 0 Å². The number of hydrogen-bond acceptors (Lipinski definition) is 3. The van der Waals surface area contributed by atoms with E-state index in [1.54, 1.807) is 6.08 Å². The van der Waals surface area contributed by atoms with Gasteiger partial charge in [0.2, 0.25) is 0 Å². The molecule has 0 radical (unpaired) electrons. The third-order valence-electron chi connectivity index (χ3n) is 7.53. The van der Waals surface area contributed by atoms with Crippen molar-refractivity contribution in [2.24, 2.45) is 22.7 Å². The average Bonchev–Trinajstić information content (AvgIpc) is 2.81. The summed E-state index contributed by atoms with van der Waals surface area (Å²) < 4.78 is 12.8. The largest absolute Gasteiger partial charge is 0.386 e. The van der Waals surface area contributed by atoms with Gasteiger partial charge in [-0.1, -0.05) is 39.8 Å². The molecule has 1 saturated heterocycles. The Balaban J connectivity index is 1.99. The lowest BCUT2D eigenvalue weighted by atomic mass is 9.45. The minimum absolute atomic E-state index is 0.0425. The van der Waals surface area contributed by atoms with Gasteiger partial charge in [-0.05, 0) is 74.7 Å². The van der Waals surface area contributed by atoms with Crippen molar-refractivity contribution in [2.45, 2.75) is 97.2 Å². The van der Waals surface area contributed by atoms with Gasteiger partial charge in [0.25, 0.3) is 0 Å². The molecule has 0 unspecified atom stereocenters. The van der Waals surface area contributed by atoms with Crippen molar-refractivity contribution in [2.75, 3.05) is 0 Å². The molecule has 2 aliphatic carbocycles. The highest BCUT2D eigenvalue weighted by Crippen LogP contribution is 2.64. The fraction of sp³-hybridized carbons (Fsp3) is 0.826. The van der Waals surface area contributed by atoms with Gasteiger partial charge < -0.3 is 14.6 Å². The first-order valence-electron chi connectivity index (χ1n) is 10.2. The van der Waals surface area contributed by atoms with Crippen molar-refractivity contribution >= 4 is 0 Å². The second-order valence-corrected chi connectivity index (χ2v) is 10.6. The van der Waals surface area contributed by atoms with Gasteiger partial charge in [0.15, 0.2) is 5.79 Å². The summed E-state index contributed by atoms with van der Waals surface area (Å²) >= 11 is 0. The third kappa shape index (κ3) is 3.21. The molecule has 0 bridgehead atoms. The quantitative estimate of drug-likeness (QED) is 0.695. The van der Waals surface area contributed by atoms with E-state index in [-0.39, 0.29) is 23.0 Å². The summed E-state index contributed by atoms with van der Waals surface area (Å²) in [4.78, 5) is 0. The predicted molar refractivity (Wildman–Crippen MR) is 106 cm³/mol. The van der Waals surface area contributed by atoms with Crippen LogP contribution in [0.1, 0.15) is 73.6 Å². The van der Waals surface area contributed by atoms with Gasteiger partial charge in [0.05, 0.1) is 11.7 Å². The molecule has 0 amide bonds. The maximum atomic E-state index is 10.5. The molecule has 3 heteroatoms. The molecule has 0 aromatic heterocycles. The van der Waals surface area contributed by atoms with Gasteiger partial charge in [-0.25, -0.2) is 0 Å². The van der Waals surface area contributed by atoms with Gasteiger partial charge in [-0.3, -0.25) is 0 Å². The van der Waals surface area contributed by atoms with E-state index in [1.165, 1.54) is 19.3 Å². The molecular formula is C23H38O3. The summed E-state index contributed by atoms with van der Waals surface area (Å²) in [5, 5.41) is 10.5. The highest BCUT2D eigenvalue weighted by molar-refractivity contribution is 5.25. The molecule has 3 nitrogen and oxygen atoms in total. The maximum absolute atomic E-state index is 10.5. The number of hydrogen-bond donors (Lipinski definition) is 1. The highest BCUT2D eigenvalue weighted by Gasteiger charge is 2.63. The van der Waals surface area contributed by atoms with Crippen molar-refractivity contribution in [3.8, 4) is 0 Å². The first kappa shape index (κ1) is 20.1. The maximum Gasteiger partial charge on any atom is 0.164 e. The van der Waals surface area contributed by atoms with E-state index >= 15 is 0 Å². The summed E-state index contributed by atoms with van der Waals surface area (Å²) in [7, 11) is 0. The monoisotopic (exact) mass is 362 g/mol. The minimum atomic E-state index is -0.834. The van der Waals surface area contributed by atoms with Gasteiger partial charge in [0, 0.05) is 0 Å². The second-order valence-electron chi connectivity index (χ2n) is 10.6. The minimum Gasteiger partial charge on any atom is -0.386 e. The highest BCUT2D eigenvalue weighted by atomic mass is 16.8. The zero-order valence-corrected chi connectivity index (χ0v) is 17.6. The van der Waals surface area contributed by atoms with Crippen LogP contribution in [0, 0.1) is 22.7 Å². The molecule has 1 heterocycles. The van der Waals surface area contributed by atoms with E-state index in [2.05, 4.69) is 33.9 Å². The van der Waals surface area contributed by atoms with Crippen LogP contribution in [0.4, 0.5) is 0 Å². The smallest absolute Gasteiger partial charge is 0.164 e. The predicted octanol–water partition coefficient (Wildman–Crippen LogP) is 5.24. The van der Waals surface area contributed by atoms with Crippen LogP contribution in [0.25, 0.3) is 0 Å². The Morgan fingerprint density at radius 2 is 1.85 bits per heavy atom. The molecule has 2 saturated carbocycles. The van der Waals surface area contributed by atoms with E-state index in [1.807, 2.05) is 20.8 Å². The normalized spacial score (nSPS) is 43.3. The van der Waals surface area contributed by atoms with E-state index in [4.69, 9.17) is 9.47 Å². The van der Waals surface area contributed by atoms with Crippen LogP contribution in [0.3, 0.4) is 0 Å². The Kier molecular flexibility index (Phi) is 4.78. The van der Waals surface area contributed by atoms with Crippen molar-refractivity contribution < 1.29 is 14.6 Å². The van der Waals surface area contributed by atoms with E-state index in [0.29, 0.717) is 18.3 Å². The summed E-state index contributed by atoms with van der Waals surface area (Å²) in [5.74, 6) is 0.200. The molecule has 148 valence electrons. The number of fused-ring (bicyclic) bond motifs is 3. The second kappa shape index (κ2) is 6.18. The van der Waals surface area contributed by atoms with E-state index < -0.39 is 11.4 Å². The molecule has 1 aliphatic heterocycles. The van der Waals surface area contributed by atoms with Crippen molar-refractivity contribution in [1.29, 1.82) is 0 Å². The fourth-order valence-electron chi connectivity index (χ4n) is 6.33. The van der Waals surface area contributed by atoms with Gasteiger partial charge in [0.1, 0.15) is 6.10 Å². The Morgan fingerprint density at radius 3 is 2.46 bits per heavy atom. The molecule has 6 atom stereocenters. The van der Waals surface area contributed by atoms with Crippen LogP contribution < -0.4 is 0 Å². The zero-order valence-electron chi connectivity index (χ0n) is 17.6. The topological polar surface area (TPSA) is 38.7 Å². The third-order valence-corrected chi connectivity index (χ3v) is 7.53. The van der Waals surface area contributed by atoms with Gasteiger partial charge in [-0.15, -0.1) is 6.58 Å². The average molecular weight is 363 g/mol. The van der Waals surface area contributed by atoms with Crippen LogP contribution in [0.5, 0.6) is 0 Å². The number of aliphatic hydroxyl groups is 1. The molecule has 0 aromatic rings. The molecule has 0 spiro atoms. The number of ether oxygens (including phenoxy) is 2. The molecule has 3 rings (SSSR count). The molecule has 26 heavy (non-hydrogen) atoms. The summed E-state index contributed by atoms with van der Waals surface area (Å²) in [6.07, 6.45) is 6.96. The first-order valence-corrected chi connectivity index (χ1v) is 10.2. The fourth-order valence-corrected chi connectivity index (χ4v) is 6.33. The van der Waals surface area contributed by atoms with E-state index in [0.717, 1.165) is 12.0 Å². The van der Waals surface area contributed by atoms with E-state index in [9.17, 15) is 5.11 Å². The standard InChI is InChI=1S/C23H38O3/c1-9-22(7,24)14-11-16-15(2)17-18(26-21(5,6)25-17)19-20(3,4)12-10-13-23(16,19)8/h9,16-19,24H,1-2,10-14H2,3-8H3/t16-,17-,18-,19+,22+,23+/m0/s1. The van der Waals surface area contributed by atoms with Crippen molar-refractivity contribution in [3.05, 3.63) is 24.8 Å². The lowest BCUT2D eigenvalue weighted by Gasteiger charge is -2.60. The lowest BCUT2D eigenvalue weighted by Crippen LogP contribution is -2.59. The molecule has 1 N–H and O–H groups in total. The molecule has 0 aromatic carbocycles. The van der Waals surface area contributed by atoms with Crippen molar-refractivity contribution in [3.63, 3.8) is 0 Å². The first-order chi connectivity index (χ1) is 11.8. The SMILES string of the molecule is C=C[C@@](C)(O)CC[C@H]1C(=C)[C@@H]2OC(C)(C)O[C@@H]2[C@@H]2C(C)(C)CCC[C@@]21C. The Morgan fingerprint density at radius 1 is 1.19 bits per heavy atom. The Hall–Kier alpha value is -0.640. The number of rotatable bonds is 4. The summed E-state index contributed by atoms with van der Waals surface area (Å²) in [6.45, 7) is 21.4. The van der Waals surface area contributed by atoms with Crippen LogP contribution >= 0.6 is 0 Å².